The molecule has 3 rings (SSSR count). The molecule has 104 valence electrons. The molecule has 0 bridgehead atoms. The number of anilines is 1. The molecule has 2 unspecified atom stereocenters. The van der Waals surface area contributed by atoms with Crippen LogP contribution in [0.15, 0.2) is 0 Å². The summed E-state index contributed by atoms with van der Waals surface area (Å²) in [5, 5.41) is 4.35. The molecule has 6 heteroatoms. The normalized spacial score (nSPS) is 26.4. The monoisotopic (exact) mass is 281 g/mol. The number of aromatic nitrogens is 1. The first kappa shape index (κ1) is 12.9. The van der Waals surface area contributed by atoms with Gasteiger partial charge in [-0.3, -0.25) is 4.90 Å². The molecule has 0 amide bonds. The predicted octanol–water partition coefficient (Wildman–Crippen LogP) is 1.89. The van der Waals surface area contributed by atoms with Gasteiger partial charge < -0.3 is 10.1 Å². The van der Waals surface area contributed by atoms with Crippen LogP contribution in [0.4, 0.5) is 5.13 Å². The average Bonchev–Trinajstić information content (AvgIpc) is 3.06. The number of hydrogen-bond acceptors (Lipinski definition) is 6. The Kier molecular flexibility index (Phi) is 3.45. The number of carbonyl (C=O) groups is 1. The van der Waals surface area contributed by atoms with E-state index in [1.165, 1.54) is 44.4 Å². The number of hydrogen-bond donors (Lipinski definition) is 1. The van der Waals surface area contributed by atoms with Crippen molar-refractivity contribution in [1.29, 1.82) is 0 Å². The van der Waals surface area contributed by atoms with Crippen molar-refractivity contribution in [2.24, 2.45) is 0 Å². The molecule has 19 heavy (non-hydrogen) atoms. The molecule has 1 N–H and O–H groups in total. The summed E-state index contributed by atoms with van der Waals surface area (Å²) in [4.78, 5) is 19.4. The zero-order valence-corrected chi connectivity index (χ0v) is 12.1. The Morgan fingerprint density at radius 1 is 1.47 bits per heavy atom. The maximum Gasteiger partial charge on any atom is 0.357 e. The maximum atomic E-state index is 11.6. The fourth-order valence-corrected chi connectivity index (χ4v) is 4.02. The first-order valence-corrected chi connectivity index (χ1v) is 7.57. The molecule has 3 heterocycles. The molecule has 0 radical (unpaired) electrons. The van der Waals surface area contributed by atoms with Gasteiger partial charge in [-0.25, -0.2) is 9.78 Å². The highest BCUT2D eigenvalue weighted by Crippen LogP contribution is 2.31. The lowest BCUT2D eigenvalue weighted by atomic mass is 10.1. The Balaban J connectivity index is 1.72. The lowest BCUT2D eigenvalue weighted by Gasteiger charge is -2.20. The highest BCUT2D eigenvalue weighted by atomic mass is 32.1. The van der Waals surface area contributed by atoms with Crippen LogP contribution in [0.2, 0.25) is 0 Å². The second-order valence-corrected chi connectivity index (χ2v) is 6.40. The Labute approximate surface area is 117 Å². The summed E-state index contributed by atoms with van der Waals surface area (Å²) in [5.41, 5.74) is 0.441. The highest BCUT2D eigenvalue weighted by Gasteiger charge is 2.37. The fourth-order valence-electron chi connectivity index (χ4n) is 3.15. The van der Waals surface area contributed by atoms with Crippen LogP contribution in [-0.4, -0.2) is 48.1 Å². The first-order chi connectivity index (χ1) is 9.19. The zero-order valence-electron chi connectivity index (χ0n) is 11.3. The van der Waals surface area contributed by atoms with Gasteiger partial charge in [0.25, 0.3) is 0 Å². The summed E-state index contributed by atoms with van der Waals surface area (Å²) in [6.07, 6.45) is 3.73. The number of nitrogens with one attached hydrogen (secondary N) is 1. The van der Waals surface area contributed by atoms with Gasteiger partial charge in [-0.1, -0.05) is 0 Å². The Morgan fingerprint density at radius 2 is 2.32 bits per heavy atom. The minimum atomic E-state index is -0.351. The molecule has 2 aliphatic heterocycles. The van der Waals surface area contributed by atoms with Gasteiger partial charge in [-0.05, 0) is 32.7 Å². The van der Waals surface area contributed by atoms with Crippen LogP contribution >= 0.6 is 11.3 Å². The topological polar surface area (TPSA) is 54.5 Å². The third-order valence-electron chi connectivity index (χ3n) is 4.09. The number of fused-ring (bicyclic) bond motifs is 1. The number of rotatable bonds is 3. The number of methoxy groups -OCH3 is 1. The Hall–Kier alpha value is -1.14. The van der Waals surface area contributed by atoms with Crippen molar-refractivity contribution in [2.75, 3.05) is 25.5 Å². The van der Waals surface area contributed by atoms with Crippen molar-refractivity contribution in [3.63, 3.8) is 0 Å². The second-order valence-electron chi connectivity index (χ2n) is 5.20. The highest BCUT2D eigenvalue weighted by molar-refractivity contribution is 7.15. The number of aryl methyl sites for hydroxylation is 1. The third kappa shape index (κ3) is 2.34. The van der Waals surface area contributed by atoms with E-state index in [2.05, 4.69) is 15.2 Å². The molecular formula is C13H19N3O2S. The van der Waals surface area contributed by atoms with E-state index in [4.69, 9.17) is 4.74 Å². The molecule has 2 saturated heterocycles. The van der Waals surface area contributed by atoms with Gasteiger partial charge >= 0.3 is 5.97 Å². The molecular weight excluding hydrogens is 262 g/mol. The minimum Gasteiger partial charge on any atom is -0.464 e. The quantitative estimate of drug-likeness (QED) is 0.857. The number of esters is 1. The molecule has 2 aliphatic rings. The summed E-state index contributed by atoms with van der Waals surface area (Å²) < 4.78 is 4.74. The van der Waals surface area contributed by atoms with Gasteiger partial charge in [-0.15, -0.1) is 11.3 Å². The molecule has 0 saturated carbocycles. The van der Waals surface area contributed by atoms with E-state index >= 15 is 0 Å². The summed E-state index contributed by atoms with van der Waals surface area (Å²) in [6, 6.07) is 1.12. The third-order valence-corrected chi connectivity index (χ3v) is 4.99. The lowest BCUT2D eigenvalue weighted by Crippen LogP contribution is -2.33. The van der Waals surface area contributed by atoms with E-state index in [-0.39, 0.29) is 5.97 Å². The molecule has 1 aromatic rings. The van der Waals surface area contributed by atoms with Crippen LogP contribution in [0.1, 0.15) is 34.6 Å². The minimum absolute atomic E-state index is 0.351. The van der Waals surface area contributed by atoms with E-state index in [1.807, 2.05) is 6.92 Å². The largest absolute Gasteiger partial charge is 0.464 e. The molecule has 0 aliphatic carbocycles. The summed E-state index contributed by atoms with van der Waals surface area (Å²) in [5.74, 6) is -0.351. The summed E-state index contributed by atoms with van der Waals surface area (Å²) in [6.45, 7) is 4.31. The zero-order chi connectivity index (χ0) is 13.4. The van der Waals surface area contributed by atoms with Gasteiger partial charge in [0.05, 0.1) is 7.11 Å². The van der Waals surface area contributed by atoms with Crippen LogP contribution in [-0.2, 0) is 4.74 Å². The molecule has 2 atom stereocenters. The van der Waals surface area contributed by atoms with Crippen molar-refractivity contribution in [2.45, 2.75) is 38.3 Å². The number of carbonyl (C=O) groups excluding carboxylic acids is 1. The first-order valence-electron chi connectivity index (χ1n) is 6.75. The van der Waals surface area contributed by atoms with E-state index < -0.39 is 0 Å². The van der Waals surface area contributed by atoms with Crippen molar-refractivity contribution >= 4 is 22.4 Å². The molecule has 0 spiro atoms. The van der Waals surface area contributed by atoms with Crippen molar-refractivity contribution in [1.82, 2.24) is 9.88 Å². The van der Waals surface area contributed by atoms with Gasteiger partial charge in [0.2, 0.25) is 0 Å². The SMILES string of the molecule is COC(=O)c1nc(NC2CCN3CCCC23)sc1C. The summed E-state index contributed by atoms with van der Waals surface area (Å²) in [7, 11) is 1.39. The maximum absolute atomic E-state index is 11.6. The average molecular weight is 281 g/mol. The number of ether oxygens (including phenoxy) is 1. The van der Waals surface area contributed by atoms with E-state index in [1.54, 1.807) is 0 Å². The fraction of sp³-hybridized carbons (Fsp3) is 0.692. The van der Waals surface area contributed by atoms with Crippen LogP contribution in [0, 0.1) is 6.92 Å². The van der Waals surface area contributed by atoms with E-state index in [0.29, 0.717) is 17.8 Å². The molecule has 2 fully saturated rings. The standard InChI is InChI=1S/C13H19N3O2S/c1-8-11(12(17)18-2)15-13(19-8)14-9-5-7-16-6-3-4-10(9)16/h9-10H,3-7H2,1-2H3,(H,14,15). The van der Waals surface area contributed by atoms with Gasteiger partial charge in [0.15, 0.2) is 10.8 Å². The van der Waals surface area contributed by atoms with Crippen LogP contribution in [0.25, 0.3) is 0 Å². The van der Waals surface area contributed by atoms with E-state index in [0.717, 1.165) is 16.4 Å². The van der Waals surface area contributed by atoms with Crippen LogP contribution < -0.4 is 5.32 Å². The summed E-state index contributed by atoms with van der Waals surface area (Å²) >= 11 is 1.54. The number of thiazole rings is 1. The predicted molar refractivity (Wildman–Crippen MR) is 74.8 cm³/mol. The van der Waals surface area contributed by atoms with Gasteiger partial charge in [-0.2, -0.15) is 0 Å². The van der Waals surface area contributed by atoms with Crippen molar-refractivity contribution in [3.05, 3.63) is 10.6 Å². The van der Waals surface area contributed by atoms with Crippen LogP contribution in [0.5, 0.6) is 0 Å². The molecule has 0 aromatic carbocycles. The van der Waals surface area contributed by atoms with Crippen LogP contribution in [0.3, 0.4) is 0 Å². The lowest BCUT2D eigenvalue weighted by molar-refractivity contribution is 0.0594. The Morgan fingerprint density at radius 3 is 3.11 bits per heavy atom. The van der Waals surface area contributed by atoms with Crippen molar-refractivity contribution in [3.8, 4) is 0 Å². The van der Waals surface area contributed by atoms with Gasteiger partial charge in [0, 0.05) is 23.5 Å². The van der Waals surface area contributed by atoms with E-state index in [9.17, 15) is 4.79 Å². The smallest absolute Gasteiger partial charge is 0.357 e. The Bertz CT molecular complexity index is 488. The number of nitrogens with zero attached hydrogens (tertiary/aromatic N) is 2. The molecule has 5 nitrogen and oxygen atoms in total. The second kappa shape index (κ2) is 5.09. The molecule has 1 aromatic heterocycles. The van der Waals surface area contributed by atoms with Gasteiger partial charge in [0.1, 0.15) is 0 Å². The van der Waals surface area contributed by atoms with Crippen molar-refractivity contribution < 1.29 is 9.53 Å².